The Morgan fingerprint density at radius 1 is 1.25 bits per heavy atom. The molecule has 2 aromatic rings. The second-order valence-corrected chi connectivity index (χ2v) is 2.47. The number of rotatable bonds is 1. The summed E-state index contributed by atoms with van der Waals surface area (Å²) in [4.78, 5) is 7.86. The van der Waals surface area contributed by atoms with Gasteiger partial charge in [-0.2, -0.15) is 5.10 Å². The predicted molar refractivity (Wildman–Crippen MR) is 44.2 cm³/mol. The Hall–Kier alpha value is -1.71. The minimum atomic E-state index is 0.984. The quantitative estimate of drug-likeness (QED) is 0.622. The fourth-order valence-corrected chi connectivity index (χ4v) is 1.09. The van der Waals surface area contributed by atoms with Crippen molar-refractivity contribution >= 4 is 0 Å². The van der Waals surface area contributed by atoms with E-state index in [1.54, 1.807) is 23.3 Å². The van der Waals surface area contributed by atoms with Crippen LogP contribution in [-0.2, 0) is 7.05 Å². The van der Waals surface area contributed by atoms with Crippen LogP contribution in [0.1, 0.15) is 0 Å². The molecule has 0 aliphatic carbocycles. The highest BCUT2D eigenvalue weighted by Gasteiger charge is 2.00. The molecule has 0 radical (unpaired) electrons. The van der Waals surface area contributed by atoms with Crippen LogP contribution >= 0.6 is 0 Å². The average molecular weight is 160 g/mol. The molecule has 4 nitrogen and oxygen atoms in total. The van der Waals surface area contributed by atoms with Gasteiger partial charge in [0.2, 0.25) is 0 Å². The summed E-state index contributed by atoms with van der Waals surface area (Å²) in [5.74, 6) is 0. The SMILES string of the molecule is Cn1nccc1-c1cncnc1. The molecule has 4 heteroatoms. The van der Waals surface area contributed by atoms with Gasteiger partial charge in [0, 0.05) is 31.2 Å². The summed E-state index contributed by atoms with van der Waals surface area (Å²) in [5.41, 5.74) is 2.01. The summed E-state index contributed by atoms with van der Waals surface area (Å²) in [5, 5.41) is 4.05. The predicted octanol–water partition coefficient (Wildman–Crippen LogP) is 0.877. The number of aromatic nitrogens is 4. The van der Waals surface area contributed by atoms with Crippen molar-refractivity contribution in [3.8, 4) is 11.3 Å². The van der Waals surface area contributed by atoms with Crippen LogP contribution in [0.3, 0.4) is 0 Å². The second-order valence-electron chi connectivity index (χ2n) is 2.47. The van der Waals surface area contributed by atoms with Crippen molar-refractivity contribution < 1.29 is 0 Å². The van der Waals surface area contributed by atoms with E-state index >= 15 is 0 Å². The lowest BCUT2D eigenvalue weighted by Crippen LogP contribution is -1.93. The van der Waals surface area contributed by atoms with Crippen molar-refractivity contribution in [3.05, 3.63) is 31.0 Å². The van der Waals surface area contributed by atoms with Crippen LogP contribution in [0.25, 0.3) is 11.3 Å². The second kappa shape index (κ2) is 2.73. The topological polar surface area (TPSA) is 43.6 Å². The molecule has 0 atom stereocenters. The molecule has 0 saturated heterocycles. The molecule has 0 amide bonds. The Kier molecular flexibility index (Phi) is 1.59. The van der Waals surface area contributed by atoms with E-state index in [-0.39, 0.29) is 0 Å². The maximum absolute atomic E-state index is 4.05. The summed E-state index contributed by atoms with van der Waals surface area (Å²) in [6, 6.07) is 1.93. The van der Waals surface area contributed by atoms with Gasteiger partial charge < -0.3 is 0 Å². The van der Waals surface area contributed by atoms with E-state index in [4.69, 9.17) is 0 Å². The van der Waals surface area contributed by atoms with E-state index in [1.807, 2.05) is 13.1 Å². The Morgan fingerprint density at radius 3 is 2.58 bits per heavy atom. The molecule has 0 fully saturated rings. The number of hydrogen-bond acceptors (Lipinski definition) is 3. The van der Waals surface area contributed by atoms with Crippen LogP contribution in [0.2, 0.25) is 0 Å². The highest BCUT2D eigenvalue weighted by Crippen LogP contribution is 2.14. The molecule has 0 aromatic carbocycles. The molecule has 0 bridgehead atoms. The number of hydrogen-bond donors (Lipinski definition) is 0. The average Bonchev–Trinajstić information content (AvgIpc) is 2.53. The summed E-state index contributed by atoms with van der Waals surface area (Å²) in [6.45, 7) is 0. The van der Waals surface area contributed by atoms with Crippen LogP contribution < -0.4 is 0 Å². The molecule has 0 aliphatic rings. The third-order valence-corrected chi connectivity index (χ3v) is 1.68. The summed E-state index contributed by atoms with van der Waals surface area (Å²) >= 11 is 0. The van der Waals surface area contributed by atoms with Crippen LogP contribution in [0.5, 0.6) is 0 Å². The van der Waals surface area contributed by atoms with Gasteiger partial charge in [-0.1, -0.05) is 0 Å². The van der Waals surface area contributed by atoms with Crippen molar-refractivity contribution in [2.24, 2.45) is 7.05 Å². The zero-order chi connectivity index (χ0) is 8.39. The van der Waals surface area contributed by atoms with Gasteiger partial charge in [-0.25, -0.2) is 9.97 Å². The van der Waals surface area contributed by atoms with Crippen molar-refractivity contribution in [2.75, 3.05) is 0 Å². The molecule has 0 saturated carbocycles. The Bertz CT molecular complexity index is 366. The van der Waals surface area contributed by atoms with Gasteiger partial charge in [0.25, 0.3) is 0 Å². The van der Waals surface area contributed by atoms with Crippen LogP contribution in [0.15, 0.2) is 31.0 Å². The lowest BCUT2D eigenvalue weighted by atomic mass is 10.2. The molecule has 2 rings (SSSR count). The monoisotopic (exact) mass is 160 g/mol. The molecule has 0 spiro atoms. The number of nitrogens with zero attached hydrogens (tertiary/aromatic N) is 4. The standard InChI is InChI=1S/C8H8N4/c1-12-8(2-3-11-12)7-4-9-6-10-5-7/h2-6H,1H3. The summed E-state index contributed by atoms with van der Waals surface area (Å²) < 4.78 is 1.79. The molecule has 12 heavy (non-hydrogen) atoms. The van der Waals surface area contributed by atoms with Gasteiger partial charge >= 0.3 is 0 Å². The first kappa shape index (κ1) is 6.97. The lowest BCUT2D eigenvalue weighted by Gasteiger charge is -1.98. The molecule has 60 valence electrons. The van der Waals surface area contributed by atoms with Gasteiger partial charge in [-0.15, -0.1) is 0 Å². The van der Waals surface area contributed by atoms with Gasteiger partial charge in [-0.05, 0) is 6.07 Å². The van der Waals surface area contributed by atoms with Crippen LogP contribution in [-0.4, -0.2) is 19.7 Å². The number of aryl methyl sites for hydroxylation is 1. The highest BCUT2D eigenvalue weighted by molar-refractivity contribution is 5.56. The summed E-state index contributed by atoms with van der Waals surface area (Å²) in [6.07, 6.45) is 6.80. The minimum Gasteiger partial charge on any atom is -0.268 e. The fraction of sp³-hybridized carbons (Fsp3) is 0.125. The van der Waals surface area contributed by atoms with E-state index in [0.717, 1.165) is 11.3 Å². The first-order chi connectivity index (χ1) is 5.88. The first-order valence-corrected chi connectivity index (χ1v) is 3.61. The maximum Gasteiger partial charge on any atom is 0.115 e. The maximum atomic E-state index is 4.05. The normalized spacial score (nSPS) is 10.1. The summed E-state index contributed by atoms with van der Waals surface area (Å²) in [7, 11) is 1.89. The molecule has 0 unspecified atom stereocenters. The minimum absolute atomic E-state index is 0.984. The van der Waals surface area contributed by atoms with Gasteiger partial charge in [-0.3, -0.25) is 4.68 Å². The molecule has 0 N–H and O–H groups in total. The first-order valence-electron chi connectivity index (χ1n) is 3.61. The third-order valence-electron chi connectivity index (χ3n) is 1.68. The molecular formula is C8H8N4. The van der Waals surface area contributed by atoms with Crippen LogP contribution in [0, 0.1) is 0 Å². The van der Waals surface area contributed by atoms with Crippen molar-refractivity contribution in [2.45, 2.75) is 0 Å². The molecule has 0 aliphatic heterocycles. The smallest absolute Gasteiger partial charge is 0.115 e. The van der Waals surface area contributed by atoms with Gasteiger partial charge in [0.05, 0.1) is 5.69 Å². The Morgan fingerprint density at radius 2 is 2.00 bits per heavy atom. The van der Waals surface area contributed by atoms with Gasteiger partial charge in [0.1, 0.15) is 6.33 Å². The van der Waals surface area contributed by atoms with E-state index in [1.165, 1.54) is 6.33 Å². The van der Waals surface area contributed by atoms with Crippen molar-refractivity contribution in [3.63, 3.8) is 0 Å². The van der Waals surface area contributed by atoms with Gasteiger partial charge in [0.15, 0.2) is 0 Å². The molecule has 2 heterocycles. The van der Waals surface area contributed by atoms with E-state index < -0.39 is 0 Å². The van der Waals surface area contributed by atoms with E-state index in [0.29, 0.717) is 0 Å². The lowest BCUT2D eigenvalue weighted by molar-refractivity contribution is 0.775. The van der Waals surface area contributed by atoms with Crippen LogP contribution in [0.4, 0.5) is 0 Å². The Balaban J connectivity index is 2.51. The fourth-order valence-electron chi connectivity index (χ4n) is 1.09. The van der Waals surface area contributed by atoms with E-state index in [2.05, 4.69) is 15.1 Å². The largest absolute Gasteiger partial charge is 0.268 e. The Labute approximate surface area is 69.9 Å². The van der Waals surface area contributed by atoms with Crippen molar-refractivity contribution in [1.82, 2.24) is 19.7 Å². The highest BCUT2D eigenvalue weighted by atomic mass is 15.3. The molecule has 2 aromatic heterocycles. The molecular weight excluding hydrogens is 152 g/mol. The third kappa shape index (κ3) is 1.07. The zero-order valence-electron chi connectivity index (χ0n) is 6.68. The van der Waals surface area contributed by atoms with E-state index in [9.17, 15) is 0 Å². The zero-order valence-corrected chi connectivity index (χ0v) is 6.68. The van der Waals surface area contributed by atoms with Crippen molar-refractivity contribution in [1.29, 1.82) is 0 Å².